The van der Waals surface area contributed by atoms with Crippen LogP contribution in [-0.4, -0.2) is 44.9 Å². The van der Waals surface area contributed by atoms with E-state index in [9.17, 15) is 19.1 Å². The predicted molar refractivity (Wildman–Crippen MR) is 157 cm³/mol. The van der Waals surface area contributed by atoms with Gasteiger partial charge in [0.1, 0.15) is 5.52 Å². The number of phenolic OH excluding ortho intramolecular Hbond substituents is 1. The molecule has 1 aliphatic rings. The van der Waals surface area contributed by atoms with Crippen molar-refractivity contribution in [3.8, 4) is 17.0 Å². The van der Waals surface area contributed by atoms with Gasteiger partial charge in [0.2, 0.25) is 5.91 Å². The number of hydrogen-bond donors (Lipinski definition) is 4. The average Bonchev–Trinajstić information content (AvgIpc) is 2.87. The molecule has 1 saturated carbocycles. The number of rotatable bonds is 7. The van der Waals surface area contributed by atoms with Crippen LogP contribution in [-0.2, 0) is 4.79 Å². The van der Waals surface area contributed by atoms with Gasteiger partial charge in [0.15, 0.2) is 17.3 Å². The molecular weight excluding hydrogens is 568 g/mol. The molecular formula is C27H33Cl3FN5O3. The summed E-state index contributed by atoms with van der Waals surface area (Å²) in [5.41, 5.74) is 8.81. The van der Waals surface area contributed by atoms with Crippen molar-refractivity contribution >= 4 is 64.8 Å². The Morgan fingerprint density at radius 1 is 1.13 bits per heavy atom. The Kier molecular flexibility index (Phi) is 11.3. The van der Waals surface area contributed by atoms with E-state index in [1.54, 1.807) is 12.1 Å². The second-order valence-electron chi connectivity index (χ2n) is 9.93. The number of Topliss-reactive ketones (excluding diaryl/α,β-unsaturated/α-hetero) is 1. The van der Waals surface area contributed by atoms with Gasteiger partial charge in [0.25, 0.3) is 0 Å². The summed E-state index contributed by atoms with van der Waals surface area (Å²) in [5, 5.41) is 16.1. The Bertz CT molecular complexity index is 1330. The number of nitrogens with zero attached hydrogens (tertiary/aromatic N) is 2. The number of carbonyl (C=O) groups excluding carboxylic acids is 2. The summed E-state index contributed by atoms with van der Waals surface area (Å²) in [6, 6.07) is 5.60. The van der Waals surface area contributed by atoms with Crippen LogP contribution in [0.1, 0.15) is 56.8 Å². The van der Waals surface area contributed by atoms with Crippen LogP contribution in [0.5, 0.6) is 5.75 Å². The van der Waals surface area contributed by atoms with Gasteiger partial charge < -0.3 is 21.5 Å². The summed E-state index contributed by atoms with van der Waals surface area (Å²) in [5.74, 6) is -1.70. The van der Waals surface area contributed by atoms with E-state index in [-0.39, 0.29) is 59.5 Å². The van der Waals surface area contributed by atoms with Crippen molar-refractivity contribution in [1.29, 1.82) is 0 Å². The maximum Gasteiger partial charge on any atom is 0.237 e. The molecule has 1 amide bonds. The Morgan fingerprint density at radius 3 is 2.36 bits per heavy atom. The Balaban J connectivity index is 0.00000267. The molecule has 1 aromatic carbocycles. The number of pyridine rings is 2. The molecule has 1 fully saturated rings. The molecule has 39 heavy (non-hydrogen) atoms. The van der Waals surface area contributed by atoms with Crippen molar-refractivity contribution < 1.29 is 19.1 Å². The first-order valence-electron chi connectivity index (χ1n) is 12.4. The number of aromatic hydroxyl groups is 1. The van der Waals surface area contributed by atoms with Crippen molar-refractivity contribution in [3.63, 3.8) is 0 Å². The van der Waals surface area contributed by atoms with Crippen molar-refractivity contribution in [2.24, 2.45) is 11.7 Å². The van der Waals surface area contributed by atoms with Crippen LogP contribution >= 0.6 is 36.4 Å². The summed E-state index contributed by atoms with van der Waals surface area (Å²) in [4.78, 5) is 33.9. The maximum atomic E-state index is 14.1. The number of nitrogens with one attached hydrogen (secondary N) is 2. The number of nitrogens with two attached hydrogens (primary N) is 1. The average molecular weight is 601 g/mol. The van der Waals surface area contributed by atoms with Crippen molar-refractivity contribution in [2.75, 3.05) is 5.32 Å². The molecule has 212 valence electrons. The van der Waals surface area contributed by atoms with Gasteiger partial charge in [-0.2, -0.15) is 0 Å². The third-order valence-corrected chi connectivity index (χ3v) is 7.14. The molecule has 0 spiro atoms. The van der Waals surface area contributed by atoms with Crippen LogP contribution in [0.2, 0.25) is 5.02 Å². The normalized spacial score (nSPS) is 17.6. The van der Waals surface area contributed by atoms with Gasteiger partial charge in [-0.1, -0.05) is 25.4 Å². The Hall–Kier alpha value is -2.72. The highest BCUT2D eigenvalue weighted by Gasteiger charge is 2.27. The number of benzene rings is 1. The number of fused-ring (bicyclic) bond motifs is 1. The summed E-state index contributed by atoms with van der Waals surface area (Å²) < 4.78 is 14.1. The second kappa shape index (κ2) is 13.6. The summed E-state index contributed by atoms with van der Waals surface area (Å²) >= 11 is 5.97. The monoisotopic (exact) mass is 599 g/mol. The zero-order valence-corrected chi connectivity index (χ0v) is 24.2. The summed E-state index contributed by atoms with van der Waals surface area (Å²) in [6.07, 6.45) is 4.64. The fourth-order valence-electron chi connectivity index (χ4n) is 4.54. The topological polar surface area (TPSA) is 130 Å². The Morgan fingerprint density at radius 2 is 1.77 bits per heavy atom. The summed E-state index contributed by atoms with van der Waals surface area (Å²) in [7, 11) is 0. The number of amides is 1. The fourth-order valence-corrected chi connectivity index (χ4v) is 4.75. The third kappa shape index (κ3) is 7.28. The van der Waals surface area contributed by atoms with E-state index in [1.165, 1.54) is 19.2 Å². The first-order chi connectivity index (χ1) is 17.5. The number of aromatic nitrogens is 2. The highest BCUT2D eigenvalue weighted by Crippen LogP contribution is 2.34. The number of ketones is 1. The van der Waals surface area contributed by atoms with Gasteiger partial charge in [0, 0.05) is 23.8 Å². The molecule has 0 saturated heterocycles. The van der Waals surface area contributed by atoms with E-state index < -0.39 is 17.6 Å². The molecule has 2 aromatic heterocycles. The van der Waals surface area contributed by atoms with Gasteiger partial charge in [-0.15, -0.1) is 24.8 Å². The van der Waals surface area contributed by atoms with Gasteiger partial charge >= 0.3 is 0 Å². The minimum atomic E-state index is -0.850. The molecule has 5 N–H and O–H groups in total. The predicted octanol–water partition coefficient (Wildman–Crippen LogP) is 5.66. The lowest BCUT2D eigenvalue weighted by Crippen LogP contribution is -2.49. The van der Waals surface area contributed by atoms with Crippen LogP contribution in [0.3, 0.4) is 0 Å². The highest BCUT2D eigenvalue weighted by molar-refractivity contribution is 6.32. The number of hydrogen-bond acceptors (Lipinski definition) is 7. The molecule has 0 radical (unpaired) electrons. The molecule has 4 rings (SSSR count). The molecule has 2 heterocycles. The lowest BCUT2D eigenvalue weighted by atomic mass is 9.90. The third-order valence-electron chi connectivity index (χ3n) is 6.85. The molecule has 12 heteroatoms. The van der Waals surface area contributed by atoms with E-state index in [4.69, 9.17) is 22.3 Å². The number of halogens is 4. The van der Waals surface area contributed by atoms with Gasteiger partial charge in [-0.25, -0.2) is 9.37 Å². The second-order valence-corrected chi connectivity index (χ2v) is 10.3. The van der Waals surface area contributed by atoms with Crippen LogP contribution in [0, 0.1) is 11.7 Å². The quantitative estimate of drug-likeness (QED) is 0.257. The van der Waals surface area contributed by atoms with Crippen LogP contribution in [0.25, 0.3) is 22.3 Å². The zero-order valence-electron chi connectivity index (χ0n) is 21.8. The van der Waals surface area contributed by atoms with E-state index in [0.29, 0.717) is 33.5 Å². The SMILES string of the molecule is CC(=O)c1cnc2ccc(-c3cc(F)c(O)c(Cl)c3)nc2c1NC1CCC(NC(=O)C(N)C(C)C)CC1.Cl.Cl. The molecule has 1 unspecified atom stereocenters. The van der Waals surface area contributed by atoms with Gasteiger partial charge in [-0.05, 0) is 62.8 Å². The smallest absolute Gasteiger partial charge is 0.237 e. The first-order valence-corrected chi connectivity index (χ1v) is 12.7. The van der Waals surface area contributed by atoms with Gasteiger partial charge in [-0.3, -0.25) is 14.6 Å². The molecule has 1 atom stereocenters. The fraction of sp³-hybridized carbons (Fsp3) is 0.407. The maximum absolute atomic E-state index is 14.1. The number of phenols is 1. The first kappa shape index (κ1) is 32.5. The van der Waals surface area contributed by atoms with E-state index in [1.807, 2.05) is 13.8 Å². The van der Waals surface area contributed by atoms with E-state index in [0.717, 1.165) is 31.7 Å². The van der Waals surface area contributed by atoms with E-state index >= 15 is 0 Å². The van der Waals surface area contributed by atoms with E-state index in [2.05, 4.69) is 15.6 Å². The summed E-state index contributed by atoms with van der Waals surface area (Å²) in [6.45, 7) is 5.31. The number of carbonyl (C=O) groups is 2. The van der Waals surface area contributed by atoms with Crippen LogP contribution in [0.4, 0.5) is 10.1 Å². The molecule has 0 bridgehead atoms. The lowest BCUT2D eigenvalue weighted by molar-refractivity contribution is -0.124. The van der Waals surface area contributed by atoms with Gasteiger partial charge in [0.05, 0.1) is 33.5 Å². The minimum absolute atomic E-state index is 0. The largest absolute Gasteiger partial charge is 0.504 e. The number of anilines is 1. The van der Waals surface area contributed by atoms with Crippen LogP contribution < -0.4 is 16.4 Å². The Labute approximate surface area is 244 Å². The van der Waals surface area contributed by atoms with Crippen molar-refractivity contribution in [3.05, 3.63) is 46.9 Å². The molecule has 8 nitrogen and oxygen atoms in total. The highest BCUT2D eigenvalue weighted by atomic mass is 35.5. The molecule has 3 aromatic rings. The molecule has 1 aliphatic carbocycles. The zero-order chi connectivity index (χ0) is 26.9. The van der Waals surface area contributed by atoms with Crippen molar-refractivity contribution in [1.82, 2.24) is 15.3 Å². The lowest BCUT2D eigenvalue weighted by Gasteiger charge is -2.31. The minimum Gasteiger partial charge on any atom is -0.504 e. The molecule has 0 aliphatic heterocycles. The van der Waals surface area contributed by atoms with Crippen LogP contribution in [0.15, 0.2) is 30.5 Å². The standard InChI is InChI=1S/C27H31ClFN5O3.2ClH/c1-13(2)23(30)27(37)33-17-6-4-16(5-7-17)32-24-18(14(3)35)12-31-22-9-8-21(34-25(22)24)15-10-19(28)26(36)20(29)11-15;;/h8-13,16-17,23,36H,4-7,30H2,1-3H3,(H,31,32)(H,33,37);2*1H. The van der Waals surface area contributed by atoms with Crippen molar-refractivity contribution in [2.45, 2.75) is 64.6 Å².